The molecule has 0 N–H and O–H groups in total. The van der Waals surface area contributed by atoms with E-state index in [-0.39, 0.29) is 19.6 Å². The van der Waals surface area contributed by atoms with Gasteiger partial charge in [-0.15, -0.1) is 0 Å². The molecule has 1 aromatic carbocycles. The van der Waals surface area contributed by atoms with Gasteiger partial charge in [0, 0.05) is 17.2 Å². The summed E-state index contributed by atoms with van der Waals surface area (Å²) in [5.41, 5.74) is 1.95. The topological polar surface area (TPSA) is 76.6 Å². The molecule has 0 unspecified atom stereocenters. The van der Waals surface area contributed by atoms with Crippen LogP contribution in [-0.4, -0.2) is 40.8 Å². The van der Waals surface area contributed by atoms with E-state index in [2.05, 4.69) is 4.98 Å². The first-order valence-electron chi connectivity index (χ1n) is 7.64. The van der Waals surface area contributed by atoms with E-state index in [1.807, 2.05) is 30.3 Å². The SMILES string of the molecule is CCOC(=O)CN1C(=O)C/C(=C\c2cnc3ccccc3c2)C1=O. The number of hydrogen-bond donors (Lipinski definition) is 0. The highest BCUT2D eigenvalue weighted by atomic mass is 16.5. The lowest BCUT2D eigenvalue weighted by Gasteiger charge is -2.11. The zero-order chi connectivity index (χ0) is 17.1. The molecule has 1 aliphatic rings. The van der Waals surface area contributed by atoms with E-state index in [4.69, 9.17) is 4.74 Å². The third-order valence-electron chi connectivity index (χ3n) is 3.71. The highest BCUT2D eigenvalue weighted by Gasteiger charge is 2.35. The summed E-state index contributed by atoms with van der Waals surface area (Å²) in [7, 11) is 0. The Morgan fingerprint density at radius 2 is 2.12 bits per heavy atom. The second-order valence-electron chi connectivity index (χ2n) is 5.40. The lowest BCUT2D eigenvalue weighted by atomic mass is 10.1. The highest BCUT2D eigenvalue weighted by Crippen LogP contribution is 2.22. The van der Waals surface area contributed by atoms with Crippen molar-refractivity contribution in [1.82, 2.24) is 9.88 Å². The van der Waals surface area contributed by atoms with Gasteiger partial charge in [0.2, 0.25) is 5.91 Å². The molecule has 1 saturated heterocycles. The third kappa shape index (κ3) is 3.17. The van der Waals surface area contributed by atoms with Gasteiger partial charge < -0.3 is 4.74 Å². The lowest BCUT2D eigenvalue weighted by Crippen LogP contribution is -2.35. The maximum Gasteiger partial charge on any atom is 0.326 e. The Morgan fingerprint density at radius 1 is 1.33 bits per heavy atom. The summed E-state index contributed by atoms with van der Waals surface area (Å²) in [6.07, 6.45) is 3.27. The van der Waals surface area contributed by atoms with Crippen LogP contribution in [0.4, 0.5) is 0 Å². The minimum Gasteiger partial charge on any atom is -0.465 e. The predicted octanol–water partition coefficient (Wildman–Crippen LogP) is 1.94. The highest BCUT2D eigenvalue weighted by molar-refractivity contribution is 6.16. The van der Waals surface area contributed by atoms with Crippen molar-refractivity contribution in [3.05, 3.63) is 47.7 Å². The smallest absolute Gasteiger partial charge is 0.326 e. The number of hydrogen-bond acceptors (Lipinski definition) is 5. The summed E-state index contributed by atoms with van der Waals surface area (Å²) in [4.78, 5) is 41.1. The van der Waals surface area contributed by atoms with Crippen LogP contribution in [0.1, 0.15) is 18.9 Å². The maximum absolute atomic E-state index is 12.3. The quantitative estimate of drug-likeness (QED) is 0.488. The average Bonchev–Trinajstić information content (AvgIpc) is 2.82. The Kier molecular flexibility index (Phi) is 4.37. The van der Waals surface area contributed by atoms with Crippen LogP contribution in [0.3, 0.4) is 0 Å². The van der Waals surface area contributed by atoms with Gasteiger partial charge in [-0.2, -0.15) is 0 Å². The molecule has 2 heterocycles. The summed E-state index contributed by atoms with van der Waals surface area (Å²) in [6, 6.07) is 9.55. The van der Waals surface area contributed by atoms with Gasteiger partial charge in [0.15, 0.2) is 0 Å². The van der Waals surface area contributed by atoms with Crippen molar-refractivity contribution in [2.24, 2.45) is 0 Å². The van der Waals surface area contributed by atoms with Gasteiger partial charge in [-0.3, -0.25) is 24.3 Å². The minimum absolute atomic E-state index is 0.0228. The molecule has 6 nitrogen and oxygen atoms in total. The van der Waals surface area contributed by atoms with E-state index in [0.717, 1.165) is 21.4 Å². The van der Waals surface area contributed by atoms with Crippen molar-refractivity contribution in [2.75, 3.05) is 13.2 Å². The van der Waals surface area contributed by atoms with Gasteiger partial charge in [-0.05, 0) is 30.7 Å². The van der Waals surface area contributed by atoms with E-state index in [9.17, 15) is 14.4 Å². The molecule has 0 radical (unpaired) electrons. The summed E-state index contributed by atoms with van der Waals surface area (Å²) < 4.78 is 4.79. The third-order valence-corrected chi connectivity index (χ3v) is 3.71. The average molecular weight is 324 g/mol. The molecule has 1 aromatic heterocycles. The number of esters is 1. The summed E-state index contributed by atoms with van der Waals surface area (Å²) in [6.45, 7) is 1.53. The van der Waals surface area contributed by atoms with Crippen LogP contribution in [0.2, 0.25) is 0 Å². The molecule has 2 aromatic rings. The van der Waals surface area contributed by atoms with Crippen LogP contribution in [0.25, 0.3) is 17.0 Å². The zero-order valence-electron chi connectivity index (χ0n) is 13.2. The fourth-order valence-electron chi connectivity index (χ4n) is 2.60. The fraction of sp³-hybridized carbons (Fsp3) is 0.222. The first-order valence-corrected chi connectivity index (χ1v) is 7.64. The molecule has 1 fully saturated rings. The number of carbonyl (C=O) groups is 3. The summed E-state index contributed by atoms with van der Waals surface area (Å²) >= 11 is 0. The fourth-order valence-corrected chi connectivity index (χ4v) is 2.60. The van der Waals surface area contributed by atoms with Crippen LogP contribution < -0.4 is 0 Å². The minimum atomic E-state index is -0.590. The van der Waals surface area contributed by atoms with Crippen molar-refractivity contribution in [3.63, 3.8) is 0 Å². The number of likely N-dealkylation sites (tertiary alicyclic amines) is 1. The molecule has 2 amide bonds. The molecule has 0 spiro atoms. The van der Waals surface area contributed by atoms with Gasteiger partial charge in [-0.25, -0.2) is 0 Å². The zero-order valence-corrected chi connectivity index (χ0v) is 13.2. The molecule has 0 saturated carbocycles. The Morgan fingerprint density at radius 3 is 2.92 bits per heavy atom. The molecule has 0 bridgehead atoms. The van der Waals surface area contributed by atoms with Crippen LogP contribution in [0, 0.1) is 0 Å². The molecule has 0 aliphatic carbocycles. The number of fused-ring (bicyclic) bond motifs is 1. The first-order chi connectivity index (χ1) is 11.6. The predicted molar refractivity (Wildman–Crippen MR) is 87.7 cm³/mol. The number of carbonyl (C=O) groups excluding carboxylic acids is 3. The molecular formula is C18H16N2O4. The van der Waals surface area contributed by atoms with Gasteiger partial charge in [0.1, 0.15) is 6.54 Å². The van der Waals surface area contributed by atoms with E-state index < -0.39 is 17.8 Å². The van der Waals surface area contributed by atoms with Crippen LogP contribution in [-0.2, 0) is 19.1 Å². The Bertz CT molecular complexity index is 857. The number of aromatic nitrogens is 1. The second kappa shape index (κ2) is 6.62. The largest absolute Gasteiger partial charge is 0.465 e. The number of imide groups is 1. The van der Waals surface area contributed by atoms with Crippen molar-refractivity contribution in [1.29, 1.82) is 0 Å². The van der Waals surface area contributed by atoms with Crippen molar-refractivity contribution in [3.8, 4) is 0 Å². The van der Waals surface area contributed by atoms with Gasteiger partial charge in [0.25, 0.3) is 5.91 Å². The number of rotatable bonds is 4. The number of nitrogens with zero attached hydrogens (tertiary/aromatic N) is 2. The Balaban J connectivity index is 1.83. The van der Waals surface area contributed by atoms with Crippen LogP contribution >= 0.6 is 0 Å². The second-order valence-corrected chi connectivity index (χ2v) is 5.40. The van der Waals surface area contributed by atoms with E-state index in [0.29, 0.717) is 5.57 Å². The number of amides is 2. The van der Waals surface area contributed by atoms with Gasteiger partial charge in [-0.1, -0.05) is 18.2 Å². The summed E-state index contributed by atoms with van der Waals surface area (Å²) in [5.74, 6) is -1.44. The van der Waals surface area contributed by atoms with Crippen LogP contribution in [0.15, 0.2) is 42.1 Å². The molecule has 0 atom stereocenters. The Labute approximate surface area is 138 Å². The molecule has 3 rings (SSSR count). The molecule has 1 aliphatic heterocycles. The van der Waals surface area contributed by atoms with Crippen molar-refractivity contribution >= 4 is 34.8 Å². The van der Waals surface area contributed by atoms with Gasteiger partial charge >= 0.3 is 5.97 Å². The number of pyridine rings is 1. The van der Waals surface area contributed by atoms with Gasteiger partial charge in [0.05, 0.1) is 18.5 Å². The van der Waals surface area contributed by atoms with E-state index in [1.165, 1.54) is 0 Å². The van der Waals surface area contributed by atoms with Crippen molar-refractivity contribution in [2.45, 2.75) is 13.3 Å². The summed E-state index contributed by atoms with van der Waals surface area (Å²) in [5, 5.41) is 0.951. The lowest BCUT2D eigenvalue weighted by molar-refractivity contribution is -0.151. The molecule has 122 valence electrons. The molecular weight excluding hydrogens is 308 g/mol. The first kappa shape index (κ1) is 15.9. The van der Waals surface area contributed by atoms with E-state index in [1.54, 1.807) is 19.2 Å². The molecule has 24 heavy (non-hydrogen) atoms. The standard InChI is InChI=1S/C18H16N2O4/c1-2-24-17(22)11-20-16(21)9-14(18(20)23)8-12-7-13-5-3-4-6-15(13)19-10-12/h3-8,10H,2,9,11H2,1H3/b14-8+. The monoisotopic (exact) mass is 324 g/mol. The van der Waals surface area contributed by atoms with E-state index >= 15 is 0 Å². The number of benzene rings is 1. The van der Waals surface area contributed by atoms with Crippen molar-refractivity contribution < 1.29 is 19.1 Å². The molecule has 6 heteroatoms. The number of para-hydroxylation sites is 1. The van der Waals surface area contributed by atoms with Crippen LogP contribution in [0.5, 0.6) is 0 Å². The Hall–Kier alpha value is -3.02. The maximum atomic E-state index is 12.3. The normalized spacial score (nSPS) is 16.2. The number of ether oxygens (including phenoxy) is 1.